The summed E-state index contributed by atoms with van der Waals surface area (Å²) in [6.07, 6.45) is 1.74. The van der Waals surface area contributed by atoms with Crippen molar-refractivity contribution >= 4 is 11.0 Å². The number of aromatic nitrogens is 3. The minimum atomic E-state index is 0. The number of phenolic OH excluding ortho intramolecular Hbond substituents is 1. The number of benzene rings is 7. The van der Waals surface area contributed by atoms with Crippen LogP contribution in [0.2, 0.25) is 0 Å². The fourth-order valence-corrected chi connectivity index (χ4v) is 9.17. The Hall–Kier alpha value is -6.35. The van der Waals surface area contributed by atoms with Crippen molar-refractivity contribution in [1.29, 1.82) is 0 Å². The van der Waals surface area contributed by atoms with Crippen molar-refractivity contribution in [3.63, 3.8) is 0 Å². The van der Waals surface area contributed by atoms with Crippen molar-refractivity contribution < 1.29 is 26.2 Å². The fraction of sp³-hybridized carbons (Fsp3) is 0.111. The van der Waals surface area contributed by atoms with Crippen LogP contribution in [0.3, 0.4) is 0 Å². The van der Waals surface area contributed by atoms with Gasteiger partial charge in [0.2, 0.25) is 0 Å². The number of pyridine rings is 1. The number of rotatable bonds is 6. The Morgan fingerprint density at radius 2 is 1.25 bits per heavy atom. The van der Waals surface area contributed by atoms with Gasteiger partial charge in [-0.2, -0.15) is 0 Å². The Bertz CT molecular complexity index is 3020. The quantitative estimate of drug-likeness (QED) is 0.169. The fourth-order valence-electron chi connectivity index (χ4n) is 9.17. The van der Waals surface area contributed by atoms with Crippen molar-refractivity contribution in [3.8, 4) is 78.7 Å². The van der Waals surface area contributed by atoms with Gasteiger partial charge in [-0.3, -0.25) is 4.57 Å². The van der Waals surface area contributed by atoms with Gasteiger partial charge in [0, 0.05) is 26.6 Å². The minimum Gasteiger partial charge on any atom is -0.507 e. The molecule has 1 N–H and O–H groups in total. The molecule has 0 radical (unpaired) electrons. The van der Waals surface area contributed by atoms with E-state index >= 15 is 0 Å². The van der Waals surface area contributed by atoms with Gasteiger partial charge in [-0.15, -0.1) is 35.9 Å². The number of para-hydroxylation sites is 1. The van der Waals surface area contributed by atoms with Crippen LogP contribution in [0.25, 0.3) is 84.0 Å². The molecule has 4 nitrogen and oxygen atoms in total. The average molecular weight is 944 g/mol. The first-order valence-electron chi connectivity index (χ1n) is 20.0. The number of hydrogen-bond donors (Lipinski definition) is 1. The van der Waals surface area contributed by atoms with E-state index in [9.17, 15) is 5.11 Å². The van der Waals surface area contributed by atoms with Crippen molar-refractivity contribution in [2.75, 3.05) is 0 Å². The number of hydrogen-bond acceptors (Lipinski definition) is 3. The molecule has 1 aliphatic rings. The summed E-state index contributed by atoms with van der Waals surface area (Å²) in [4.78, 5) is 11.1. The Kier molecular flexibility index (Phi) is 9.99. The molecule has 2 heterocycles. The maximum absolute atomic E-state index is 11.2. The smallest absolute Gasteiger partial charge is 0.163 e. The zero-order valence-electron chi connectivity index (χ0n) is 33.5. The first kappa shape index (κ1) is 38.2. The number of nitrogens with zero attached hydrogens (tertiary/aromatic N) is 3. The number of aryl methyl sites for hydroxylation is 6. The monoisotopic (exact) mass is 943 g/mol. The molecule has 0 fully saturated rings. The number of phenols is 1. The molecular weight excluding hydrogens is 902 g/mol. The van der Waals surface area contributed by atoms with Gasteiger partial charge in [0.25, 0.3) is 0 Å². The van der Waals surface area contributed by atoms with E-state index in [1.165, 1.54) is 16.7 Å². The topological polar surface area (TPSA) is 50.9 Å². The van der Waals surface area contributed by atoms with Crippen LogP contribution in [-0.2, 0) is 33.9 Å². The summed E-state index contributed by atoms with van der Waals surface area (Å²) < 4.78 is 2.30. The van der Waals surface area contributed by atoms with Crippen LogP contribution in [0.5, 0.6) is 5.75 Å². The first-order chi connectivity index (χ1) is 28.3. The van der Waals surface area contributed by atoms with Gasteiger partial charge in [0.15, 0.2) is 5.82 Å². The summed E-state index contributed by atoms with van der Waals surface area (Å²) >= 11 is 0. The second-order valence-electron chi connectivity index (χ2n) is 15.6. The molecule has 0 amide bonds. The summed E-state index contributed by atoms with van der Waals surface area (Å²) in [6, 6.07) is 57.1. The van der Waals surface area contributed by atoms with Crippen LogP contribution in [0.4, 0.5) is 0 Å². The second-order valence-corrected chi connectivity index (χ2v) is 15.6. The molecule has 7 aromatic carbocycles. The molecule has 0 unspecified atom stereocenters. The summed E-state index contributed by atoms with van der Waals surface area (Å²) in [5, 5.41) is 11.2. The van der Waals surface area contributed by atoms with E-state index in [4.69, 9.17) is 9.97 Å². The van der Waals surface area contributed by atoms with Crippen molar-refractivity contribution in [1.82, 2.24) is 14.5 Å². The standard InChI is InChI=1S/C54H42N3O.Pt/c1-33-30-34(2)32-41(31-33)43-22-13-21-42(37-16-7-5-8-17-37)50(43)44-27-29-46-52(48(44)38-18-9-6-10-19-38)56-54(57(46)53-35(3)14-11-15-36(53)4)45-28-26-40-25-24-39-20-12-23-47(58)49(39)51(40)55-45;/h5-18,20-23,26-32,58H,24-25H2,1-4H3;/q-1;. The average Bonchev–Trinajstić information content (AvgIpc) is 3.62. The van der Waals surface area contributed by atoms with E-state index in [-0.39, 0.29) is 26.8 Å². The predicted octanol–water partition coefficient (Wildman–Crippen LogP) is 13.3. The third kappa shape index (κ3) is 6.62. The first-order valence-corrected chi connectivity index (χ1v) is 20.0. The van der Waals surface area contributed by atoms with Crippen LogP contribution < -0.4 is 0 Å². The van der Waals surface area contributed by atoms with Crippen LogP contribution in [0.15, 0.2) is 152 Å². The molecule has 0 saturated heterocycles. The van der Waals surface area contributed by atoms with Crippen LogP contribution >= 0.6 is 0 Å². The molecule has 9 aromatic rings. The molecule has 10 rings (SSSR count). The Morgan fingerprint density at radius 3 is 2.00 bits per heavy atom. The third-order valence-electron chi connectivity index (χ3n) is 11.7. The van der Waals surface area contributed by atoms with E-state index < -0.39 is 0 Å². The van der Waals surface area contributed by atoms with Crippen LogP contribution in [0.1, 0.15) is 33.4 Å². The third-order valence-corrected chi connectivity index (χ3v) is 11.7. The van der Waals surface area contributed by atoms with E-state index in [2.05, 4.69) is 166 Å². The van der Waals surface area contributed by atoms with E-state index in [1.807, 2.05) is 18.2 Å². The van der Waals surface area contributed by atoms with Crippen molar-refractivity contribution in [3.05, 3.63) is 191 Å². The van der Waals surface area contributed by atoms with E-state index in [0.717, 1.165) is 114 Å². The van der Waals surface area contributed by atoms with E-state index in [0.29, 0.717) is 0 Å². The largest absolute Gasteiger partial charge is 0.507 e. The van der Waals surface area contributed by atoms with Gasteiger partial charge in [-0.25, -0.2) is 9.97 Å². The Morgan fingerprint density at radius 1 is 0.559 bits per heavy atom. The summed E-state index contributed by atoms with van der Waals surface area (Å²) in [5.74, 6) is 1.01. The minimum absolute atomic E-state index is 0. The van der Waals surface area contributed by atoms with Gasteiger partial charge in [-0.1, -0.05) is 126 Å². The molecule has 0 atom stereocenters. The molecule has 0 saturated carbocycles. The van der Waals surface area contributed by atoms with Gasteiger partial charge in [0.1, 0.15) is 11.4 Å². The molecule has 0 aliphatic heterocycles. The van der Waals surface area contributed by atoms with Crippen molar-refractivity contribution in [2.24, 2.45) is 0 Å². The Balaban J connectivity index is 0.00000449. The summed E-state index contributed by atoms with van der Waals surface area (Å²) in [7, 11) is 0. The maximum atomic E-state index is 11.2. The van der Waals surface area contributed by atoms with Gasteiger partial charge in [-0.05, 0) is 114 Å². The maximum Gasteiger partial charge on any atom is 0.163 e. The predicted molar refractivity (Wildman–Crippen MR) is 238 cm³/mol. The van der Waals surface area contributed by atoms with Gasteiger partial charge < -0.3 is 5.11 Å². The van der Waals surface area contributed by atoms with Crippen LogP contribution in [-0.4, -0.2) is 19.6 Å². The Labute approximate surface area is 360 Å². The molecule has 290 valence electrons. The number of fused-ring (bicyclic) bond motifs is 4. The number of imidazole rings is 1. The van der Waals surface area contributed by atoms with Crippen molar-refractivity contribution in [2.45, 2.75) is 40.5 Å². The van der Waals surface area contributed by atoms with E-state index in [1.54, 1.807) is 6.07 Å². The molecule has 0 bridgehead atoms. The van der Waals surface area contributed by atoms with Crippen LogP contribution in [0, 0.1) is 33.8 Å². The number of aromatic hydroxyl groups is 1. The molecule has 59 heavy (non-hydrogen) atoms. The molecule has 2 aromatic heterocycles. The SMILES string of the molecule is Cc1cc(C)cc(-c2cccc(-c3ccccc3)c2-c2ccc3c(nc(-c4ccc5c(n4)-c4c(O)cccc4CC5)n3-c3c(C)cccc3C)c2-c2[c-]cccc2)c1.[Pt]. The second kappa shape index (κ2) is 15.4. The van der Waals surface area contributed by atoms with Gasteiger partial charge in [0.05, 0.1) is 22.4 Å². The molecular formula is C54H42N3OPt-. The summed E-state index contributed by atoms with van der Waals surface area (Å²) in [6.45, 7) is 8.67. The molecule has 1 aliphatic carbocycles. The summed E-state index contributed by atoms with van der Waals surface area (Å²) in [5.41, 5.74) is 21.2. The van der Waals surface area contributed by atoms with Gasteiger partial charge >= 0.3 is 0 Å². The normalized spacial score (nSPS) is 11.9. The zero-order valence-corrected chi connectivity index (χ0v) is 35.7. The molecule has 5 heteroatoms. The zero-order chi connectivity index (χ0) is 39.5. The molecule has 0 spiro atoms.